The minimum Gasteiger partial charge on any atom is -0.480 e. The van der Waals surface area contributed by atoms with Gasteiger partial charge in [-0.1, -0.05) is 0 Å². The number of amides is 1. The lowest BCUT2D eigenvalue weighted by atomic mass is 10.1. The van der Waals surface area contributed by atoms with Crippen LogP contribution in [0.2, 0.25) is 0 Å². The fourth-order valence-electron chi connectivity index (χ4n) is 1.04. The molecule has 0 spiro atoms. The van der Waals surface area contributed by atoms with Gasteiger partial charge in [0.2, 0.25) is 5.91 Å². The number of hydrogen-bond donors (Lipinski definition) is 2. The molecular formula is C11H21NO4S. The predicted octanol–water partition coefficient (Wildman–Crippen LogP) is 1.12. The fraction of sp³-hybridized carbons (Fsp3) is 0.818. The van der Waals surface area contributed by atoms with Gasteiger partial charge in [0.25, 0.3) is 0 Å². The minimum absolute atomic E-state index is 0.195. The van der Waals surface area contributed by atoms with E-state index in [1.807, 2.05) is 13.8 Å². The fourth-order valence-corrected chi connectivity index (χ4v) is 2.31. The number of thioether (sulfide) groups is 1. The summed E-state index contributed by atoms with van der Waals surface area (Å²) in [6.07, 6.45) is 0.834. The first-order valence-corrected chi connectivity index (χ1v) is 6.57. The summed E-state index contributed by atoms with van der Waals surface area (Å²) in [6, 6.07) is -0.817. The molecular weight excluding hydrogens is 242 g/mol. The Kier molecular flexibility index (Phi) is 7.22. The summed E-state index contributed by atoms with van der Waals surface area (Å²) in [4.78, 5) is 21.6. The molecule has 0 bridgehead atoms. The topological polar surface area (TPSA) is 75.6 Å². The normalized spacial score (nSPS) is 13.2. The molecule has 0 saturated carbocycles. The standard InChI is InChI=1S/C11H21NO4S/c1-8(13)12-9(10(14)15)7-17-6-5-11(2,3)16-4/h9H,5-7H2,1-4H3,(H,12,13)(H,14,15). The Morgan fingerprint density at radius 2 is 2.06 bits per heavy atom. The van der Waals surface area contributed by atoms with Crippen molar-refractivity contribution in [2.24, 2.45) is 0 Å². The largest absolute Gasteiger partial charge is 0.480 e. The molecule has 0 aromatic carbocycles. The molecule has 0 aliphatic carbocycles. The van der Waals surface area contributed by atoms with E-state index in [0.717, 1.165) is 12.2 Å². The number of carboxylic acid groups (broad SMARTS) is 1. The van der Waals surface area contributed by atoms with E-state index in [0.29, 0.717) is 5.75 Å². The summed E-state index contributed by atoms with van der Waals surface area (Å²) in [5.74, 6) is -0.159. The zero-order valence-electron chi connectivity index (χ0n) is 10.8. The Bertz CT molecular complexity index is 268. The maximum atomic E-state index is 10.8. The number of carbonyl (C=O) groups excluding carboxylic acids is 1. The molecule has 0 aromatic rings. The van der Waals surface area contributed by atoms with Gasteiger partial charge in [-0.05, 0) is 26.0 Å². The molecule has 0 aliphatic rings. The lowest BCUT2D eigenvalue weighted by molar-refractivity contribution is -0.140. The van der Waals surface area contributed by atoms with Gasteiger partial charge in [-0.2, -0.15) is 11.8 Å². The van der Waals surface area contributed by atoms with Crippen molar-refractivity contribution in [2.45, 2.75) is 38.8 Å². The van der Waals surface area contributed by atoms with Gasteiger partial charge in [0.1, 0.15) is 6.04 Å². The van der Waals surface area contributed by atoms with Gasteiger partial charge in [-0.25, -0.2) is 4.79 Å². The van der Waals surface area contributed by atoms with Gasteiger partial charge in [-0.15, -0.1) is 0 Å². The lowest BCUT2D eigenvalue weighted by Gasteiger charge is -2.22. The van der Waals surface area contributed by atoms with Crippen molar-refractivity contribution >= 4 is 23.6 Å². The van der Waals surface area contributed by atoms with Crippen molar-refractivity contribution in [2.75, 3.05) is 18.6 Å². The van der Waals surface area contributed by atoms with Crippen LogP contribution in [0.3, 0.4) is 0 Å². The Morgan fingerprint density at radius 1 is 1.47 bits per heavy atom. The molecule has 1 atom stereocenters. The van der Waals surface area contributed by atoms with E-state index in [4.69, 9.17) is 9.84 Å². The van der Waals surface area contributed by atoms with Gasteiger partial charge in [0.05, 0.1) is 5.60 Å². The first-order valence-electron chi connectivity index (χ1n) is 5.41. The molecule has 0 heterocycles. The van der Waals surface area contributed by atoms with Crippen LogP contribution in [0.4, 0.5) is 0 Å². The van der Waals surface area contributed by atoms with Crippen LogP contribution in [0.5, 0.6) is 0 Å². The second-order valence-electron chi connectivity index (χ2n) is 4.38. The van der Waals surface area contributed by atoms with E-state index in [9.17, 15) is 9.59 Å². The monoisotopic (exact) mass is 263 g/mol. The zero-order valence-corrected chi connectivity index (χ0v) is 11.6. The molecule has 1 amide bonds. The molecule has 0 fully saturated rings. The van der Waals surface area contributed by atoms with Crippen LogP contribution >= 0.6 is 11.8 Å². The van der Waals surface area contributed by atoms with Crippen LogP contribution in [0, 0.1) is 0 Å². The third-order valence-corrected chi connectivity index (χ3v) is 3.42. The Hall–Kier alpha value is -0.750. The average molecular weight is 263 g/mol. The van der Waals surface area contributed by atoms with E-state index in [1.54, 1.807) is 7.11 Å². The number of methoxy groups -OCH3 is 1. The summed E-state index contributed by atoms with van der Waals surface area (Å²) in [5, 5.41) is 11.3. The summed E-state index contributed by atoms with van der Waals surface area (Å²) in [6.45, 7) is 5.28. The Labute approximate surface area is 106 Å². The van der Waals surface area contributed by atoms with Gasteiger partial charge < -0.3 is 15.2 Å². The van der Waals surface area contributed by atoms with Crippen molar-refractivity contribution in [3.63, 3.8) is 0 Å². The second-order valence-corrected chi connectivity index (χ2v) is 5.53. The third-order valence-electron chi connectivity index (χ3n) is 2.36. The first-order chi connectivity index (χ1) is 7.78. The van der Waals surface area contributed by atoms with Gasteiger partial charge in [-0.3, -0.25) is 4.79 Å². The summed E-state index contributed by atoms with van der Waals surface area (Å²) >= 11 is 1.50. The second kappa shape index (κ2) is 7.55. The lowest BCUT2D eigenvalue weighted by Crippen LogP contribution is -2.41. The van der Waals surface area contributed by atoms with Crippen molar-refractivity contribution in [1.82, 2.24) is 5.32 Å². The summed E-state index contributed by atoms with van der Waals surface area (Å²) in [7, 11) is 1.65. The SMILES string of the molecule is COC(C)(C)CCSCC(NC(C)=O)C(=O)O. The van der Waals surface area contributed by atoms with Crippen LogP contribution in [-0.2, 0) is 14.3 Å². The van der Waals surface area contributed by atoms with E-state index in [-0.39, 0.29) is 11.5 Å². The highest BCUT2D eigenvalue weighted by molar-refractivity contribution is 7.99. The molecule has 2 N–H and O–H groups in total. The highest BCUT2D eigenvalue weighted by atomic mass is 32.2. The van der Waals surface area contributed by atoms with Crippen LogP contribution in [-0.4, -0.2) is 47.2 Å². The Balaban J connectivity index is 3.91. The number of ether oxygens (including phenoxy) is 1. The number of hydrogen-bond acceptors (Lipinski definition) is 4. The molecule has 100 valence electrons. The number of rotatable bonds is 8. The molecule has 0 aliphatic heterocycles. The minimum atomic E-state index is -1.00. The molecule has 0 aromatic heterocycles. The molecule has 0 saturated heterocycles. The van der Waals surface area contributed by atoms with Gasteiger partial charge >= 0.3 is 5.97 Å². The molecule has 1 unspecified atom stereocenters. The van der Waals surface area contributed by atoms with Crippen LogP contribution < -0.4 is 5.32 Å². The van der Waals surface area contributed by atoms with Crippen LogP contribution in [0.15, 0.2) is 0 Å². The Morgan fingerprint density at radius 3 is 2.47 bits per heavy atom. The molecule has 17 heavy (non-hydrogen) atoms. The van der Waals surface area contributed by atoms with E-state index in [2.05, 4.69) is 5.32 Å². The smallest absolute Gasteiger partial charge is 0.327 e. The quantitative estimate of drug-likeness (QED) is 0.642. The third kappa shape index (κ3) is 8.04. The van der Waals surface area contributed by atoms with E-state index >= 15 is 0 Å². The van der Waals surface area contributed by atoms with E-state index in [1.165, 1.54) is 18.7 Å². The summed E-state index contributed by atoms with van der Waals surface area (Å²) in [5.41, 5.74) is -0.195. The van der Waals surface area contributed by atoms with E-state index < -0.39 is 12.0 Å². The van der Waals surface area contributed by atoms with Crippen LogP contribution in [0.25, 0.3) is 0 Å². The molecule has 5 nitrogen and oxygen atoms in total. The number of aliphatic carboxylic acids is 1. The maximum absolute atomic E-state index is 10.8. The number of carboxylic acids is 1. The number of carbonyl (C=O) groups is 2. The zero-order chi connectivity index (χ0) is 13.5. The van der Waals surface area contributed by atoms with Crippen molar-refractivity contribution in [3.05, 3.63) is 0 Å². The molecule has 6 heteroatoms. The highest BCUT2D eigenvalue weighted by Crippen LogP contribution is 2.17. The van der Waals surface area contributed by atoms with Gasteiger partial charge in [0.15, 0.2) is 0 Å². The highest BCUT2D eigenvalue weighted by Gasteiger charge is 2.20. The van der Waals surface area contributed by atoms with Gasteiger partial charge in [0, 0.05) is 19.8 Å². The number of nitrogens with one attached hydrogen (secondary N) is 1. The average Bonchev–Trinajstić information content (AvgIpc) is 2.21. The van der Waals surface area contributed by atoms with Crippen molar-refractivity contribution < 1.29 is 19.4 Å². The summed E-state index contributed by atoms with van der Waals surface area (Å²) < 4.78 is 5.26. The van der Waals surface area contributed by atoms with Crippen LogP contribution in [0.1, 0.15) is 27.2 Å². The van der Waals surface area contributed by atoms with Crippen molar-refractivity contribution in [3.8, 4) is 0 Å². The maximum Gasteiger partial charge on any atom is 0.327 e. The first kappa shape index (κ1) is 16.2. The molecule has 0 radical (unpaired) electrons. The predicted molar refractivity (Wildman–Crippen MR) is 68.3 cm³/mol. The molecule has 0 rings (SSSR count). The van der Waals surface area contributed by atoms with Crippen molar-refractivity contribution in [1.29, 1.82) is 0 Å².